The Morgan fingerprint density at radius 1 is 1.15 bits per heavy atom. The van der Waals surface area contributed by atoms with Gasteiger partial charge in [0, 0.05) is 32.0 Å². The molecule has 1 saturated heterocycles. The quantitative estimate of drug-likeness (QED) is 0.890. The van der Waals surface area contributed by atoms with E-state index >= 15 is 0 Å². The molecule has 0 aromatic carbocycles. The van der Waals surface area contributed by atoms with Crippen LogP contribution in [-0.2, 0) is 11.2 Å². The number of piperidine rings is 1. The maximum atomic E-state index is 12.2. The molecule has 0 unspecified atom stereocenters. The Balaban J connectivity index is 1.42. The summed E-state index contributed by atoms with van der Waals surface area (Å²) in [5.74, 6) is 2.63. The summed E-state index contributed by atoms with van der Waals surface area (Å²) in [6.07, 6.45) is 8.07. The van der Waals surface area contributed by atoms with Gasteiger partial charge in [0.15, 0.2) is 11.5 Å². The number of amides is 1. The summed E-state index contributed by atoms with van der Waals surface area (Å²) in [7, 11) is 0. The summed E-state index contributed by atoms with van der Waals surface area (Å²) in [5.41, 5.74) is 0.741. The Labute approximate surface area is 154 Å². The van der Waals surface area contributed by atoms with Crippen LogP contribution in [0.2, 0.25) is 0 Å². The maximum absolute atomic E-state index is 12.2. The number of carbonyl (C=O) groups is 1. The Morgan fingerprint density at radius 2 is 1.92 bits per heavy atom. The van der Waals surface area contributed by atoms with Crippen molar-refractivity contribution in [2.24, 2.45) is 5.92 Å². The smallest absolute Gasteiger partial charge is 0.220 e. The minimum atomic E-state index is 0.106. The summed E-state index contributed by atoms with van der Waals surface area (Å²) < 4.78 is 1.80. The number of hydrogen-bond acceptors (Lipinski definition) is 5. The van der Waals surface area contributed by atoms with Gasteiger partial charge in [-0.05, 0) is 43.7 Å². The van der Waals surface area contributed by atoms with Crippen molar-refractivity contribution >= 4 is 17.4 Å². The largest absolute Gasteiger partial charge is 0.355 e. The van der Waals surface area contributed by atoms with E-state index in [1.807, 2.05) is 12.1 Å². The van der Waals surface area contributed by atoms with Gasteiger partial charge in [-0.2, -0.15) is 4.52 Å². The lowest BCUT2D eigenvalue weighted by Gasteiger charge is -2.30. The van der Waals surface area contributed by atoms with Crippen LogP contribution < -0.4 is 10.2 Å². The van der Waals surface area contributed by atoms with Crippen LogP contribution in [0.25, 0.3) is 5.65 Å². The second-order valence-electron chi connectivity index (χ2n) is 7.80. The van der Waals surface area contributed by atoms with E-state index in [9.17, 15) is 4.79 Å². The van der Waals surface area contributed by atoms with Crippen LogP contribution >= 0.6 is 0 Å². The molecule has 1 N–H and O–H groups in total. The van der Waals surface area contributed by atoms with Gasteiger partial charge in [0.2, 0.25) is 5.91 Å². The Hall–Kier alpha value is -2.18. The van der Waals surface area contributed by atoms with Crippen LogP contribution in [0.1, 0.15) is 57.7 Å². The molecule has 1 aliphatic heterocycles. The third kappa shape index (κ3) is 3.81. The lowest BCUT2D eigenvalue weighted by Crippen LogP contribution is -2.33. The molecule has 4 rings (SSSR count). The van der Waals surface area contributed by atoms with Crippen molar-refractivity contribution in [2.45, 2.75) is 64.3 Å². The number of rotatable bonds is 5. The number of hydrogen-bond donors (Lipinski definition) is 1. The molecule has 7 nitrogen and oxygen atoms in total. The number of aromatic nitrogens is 4. The van der Waals surface area contributed by atoms with Crippen molar-refractivity contribution < 1.29 is 4.79 Å². The fourth-order valence-electron chi connectivity index (χ4n) is 3.98. The highest BCUT2D eigenvalue weighted by Gasteiger charge is 2.19. The predicted octanol–water partition coefficient (Wildman–Crippen LogP) is 2.35. The van der Waals surface area contributed by atoms with Gasteiger partial charge in [0.05, 0.1) is 0 Å². The molecule has 0 spiro atoms. The molecular weight excluding hydrogens is 328 g/mol. The number of nitrogens with zero attached hydrogens (tertiary/aromatic N) is 5. The SMILES string of the molecule is CC1CCN(c2ccc3nnc(CCC(=O)NC4CCCC4)n3n2)CC1. The fourth-order valence-corrected chi connectivity index (χ4v) is 3.98. The normalized spacial score (nSPS) is 19.3. The van der Waals surface area contributed by atoms with Crippen LogP contribution in [0.4, 0.5) is 5.82 Å². The standard InChI is InChI=1S/C19H28N6O/c1-14-10-12-24(13-11-14)18-7-6-16-21-22-17(25(16)23-18)8-9-19(26)20-15-4-2-3-5-15/h6-7,14-15H,2-5,8-13H2,1H3,(H,20,26). The highest BCUT2D eigenvalue weighted by atomic mass is 16.1. The van der Waals surface area contributed by atoms with Crippen LogP contribution in [0.3, 0.4) is 0 Å². The fraction of sp³-hybridized carbons (Fsp3) is 0.684. The molecule has 1 aliphatic carbocycles. The van der Waals surface area contributed by atoms with Gasteiger partial charge in [-0.15, -0.1) is 15.3 Å². The number of fused-ring (bicyclic) bond motifs is 1. The third-order valence-electron chi connectivity index (χ3n) is 5.72. The maximum Gasteiger partial charge on any atom is 0.220 e. The molecule has 7 heteroatoms. The van der Waals surface area contributed by atoms with Crippen LogP contribution in [0.5, 0.6) is 0 Å². The molecule has 26 heavy (non-hydrogen) atoms. The van der Waals surface area contributed by atoms with E-state index in [0.717, 1.165) is 49.1 Å². The molecule has 1 amide bonds. The van der Waals surface area contributed by atoms with E-state index in [4.69, 9.17) is 5.10 Å². The molecule has 2 aromatic heterocycles. The zero-order chi connectivity index (χ0) is 17.9. The van der Waals surface area contributed by atoms with E-state index in [1.165, 1.54) is 25.7 Å². The summed E-state index contributed by atoms with van der Waals surface area (Å²) in [6, 6.07) is 4.36. The second kappa shape index (κ2) is 7.60. The minimum Gasteiger partial charge on any atom is -0.355 e. The average molecular weight is 356 g/mol. The summed E-state index contributed by atoms with van der Waals surface area (Å²) in [4.78, 5) is 14.5. The summed E-state index contributed by atoms with van der Waals surface area (Å²) >= 11 is 0. The lowest BCUT2D eigenvalue weighted by atomic mass is 9.99. The molecule has 140 valence electrons. The first kappa shape index (κ1) is 17.2. The average Bonchev–Trinajstić information content (AvgIpc) is 3.30. The first-order valence-electron chi connectivity index (χ1n) is 9.95. The van der Waals surface area contributed by atoms with Crippen LogP contribution in [0.15, 0.2) is 12.1 Å². The number of carbonyl (C=O) groups excluding carboxylic acids is 1. The molecule has 2 aliphatic rings. The van der Waals surface area contributed by atoms with Gasteiger partial charge in [-0.25, -0.2) is 0 Å². The van der Waals surface area contributed by atoms with Gasteiger partial charge >= 0.3 is 0 Å². The van der Waals surface area contributed by atoms with Crippen molar-refractivity contribution in [3.05, 3.63) is 18.0 Å². The highest BCUT2D eigenvalue weighted by Crippen LogP contribution is 2.22. The number of anilines is 1. The van der Waals surface area contributed by atoms with Crippen molar-refractivity contribution in [3.63, 3.8) is 0 Å². The molecule has 2 fully saturated rings. The summed E-state index contributed by atoms with van der Waals surface area (Å²) in [6.45, 7) is 4.39. The Bertz CT molecular complexity index is 758. The molecule has 2 aromatic rings. The van der Waals surface area contributed by atoms with Gasteiger partial charge in [-0.3, -0.25) is 4.79 Å². The van der Waals surface area contributed by atoms with Crippen LogP contribution in [-0.4, -0.2) is 44.8 Å². The highest BCUT2D eigenvalue weighted by molar-refractivity contribution is 5.76. The van der Waals surface area contributed by atoms with E-state index in [1.54, 1.807) is 4.52 Å². The van der Waals surface area contributed by atoms with Crippen LogP contribution in [0, 0.1) is 5.92 Å². The third-order valence-corrected chi connectivity index (χ3v) is 5.72. The molecule has 0 atom stereocenters. The van der Waals surface area contributed by atoms with E-state index in [2.05, 4.69) is 27.3 Å². The zero-order valence-electron chi connectivity index (χ0n) is 15.5. The zero-order valence-corrected chi connectivity index (χ0v) is 15.5. The Morgan fingerprint density at radius 3 is 2.69 bits per heavy atom. The van der Waals surface area contributed by atoms with Crippen molar-refractivity contribution in [3.8, 4) is 0 Å². The van der Waals surface area contributed by atoms with E-state index < -0.39 is 0 Å². The van der Waals surface area contributed by atoms with Crippen molar-refractivity contribution in [1.82, 2.24) is 25.1 Å². The monoisotopic (exact) mass is 356 g/mol. The topological polar surface area (TPSA) is 75.4 Å². The predicted molar refractivity (Wildman–Crippen MR) is 100 cm³/mol. The van der Waals surface area contributed by atoms with Gasteiger partial charge in [-0.1, -0.05) is 19.8 Å². The molecule has 1 saturated carbocycles. The molecular formula is C19H28N6O. The lowest BCUT2D eigenvalue weighted by molar-refractivity contribution is -0.121. The van der Waals surface area contributed by atoms with Gasteiger partial charge in [0.1, 0.15) is 5.82 Å². The first-order chi connectivity index (χ1) is 12.7. The first-order valence-corrected chi connectivity index (χ1v) is 9.95. The van der Waals surface area contributed by atoms with E-state index in [0.29, 0.717) is 18.9 Å². The second-order valence-corrected chi connectivity index (χ2v) is 7.80. The van der Waals surface area contributed by atoms with Gasteiger partial charge in [0.25, 0.3) is 0 Å². The molecule has 0 bridgehead atoms. The van der Waals surface area contributed by atoms with Crippen molar-refractivity contribution in [1.29, 1.82) is 0 Å². The molecule has 3 heterocycles. The van der Waals surface area contributed by atoms with E-state index in [-0.39, 0.29) is 5.91 Å². The van der Waals surface area contributed by atoms with Gasteiger partial charge < -0.3 is 10.2 Å². The number of nitrogens with one attached hydrogen (secondary N) is 1. The van der Waals surface area contributed by atoms with Crippen molar-refractivity contribution in [2.75, 3.05) is 18.0 Å². The molecule has 0 radical (unpaired) electrons. The Kier molecular flexibility index (Phi) is 5.04. The minimum absolute atomic E-state index is 0.106. The summed E-state index contributed by atoms with van der Waals surface area (Å²) in [5, 5.41) is 16.3. The number of aryl methyl sites for hydroxylation is 1.